The van der Waals surface area contributed by atoms with Crippen molar-refractivity contribution in [1.29, 1.82) is 5.26 Å². The summed E-state index contributed by atoms with van der Waals surface area (Å²) < 4.78 is 10.5. The maximum Gasteiger partial charge on any atom is 0.338 e. The number of carbonyl (C=O) groups excluding carboxylic acids is 1. The van der Waals surface area contributed by atoms with Crippen LogP contribution in [0.1, 0.15) is 29.3 Å². The lowest BCUT2D eigenvalue weighted by atomic mass is 9.94. The van der Waals surface area contributed by atoms with E-state index in [9.17, 15) is 4.79 Å². The first-order chi connectivity index (χ1) is 8.09. The lowest BCUT2D eigenvalue weighted by Crippen LogP contribution is -2.29. The largest absolute Gasteiger partial charge is 0.486 e. The van der Waals surface area contributed by atoms with Crippen LogP contribution in [-0.2, 0) is 11.2 Å². The number of benzene rings is 1. The van der Waals surface area contributed by atoms with Crippen molar-refractivity contribution in [2.45, 2.75) is 25.4 Å². The quantitative estimate of drug-likeness (QED) is 0.731. The molecular weight excluding hydrogens is 218 g/mol. The normalized spacial score (nSPS) is 21.2. The van der Waals surface area contributed by atoms with Crippen LogP contribution in [0.25, 0.3) is 0 Å². The lowest BCUT2D eigenvalue weighted by molar-refractivity contribution is 0.0599. The maximum atomic E-state index is 11.6. The van der Waals surface area contributed by atoms with Gasteiger partial charge < -0.3 is 9.47 Å². The van der Waals surface area contributed by atoms with Crippen molar-refractivity contribution in [2.24, 2.45) is 0 Å². The zero-order chi connectivity index (χ0) is 12.5. The van der Waals surface area contributed by atoms with Crippen LogP contribution in [0.3, 0.4) is 0 Å². The summed E-state index contributed by atoms with van der Waals surface area (Å²) in [5, 5.41) is 8.77. The van der Waals surface area contributed by atoms with Crippen LogP contribution in [0.4, 0.5) is 0 Å². The van der Waals surface area contributed by atoms with Crippen LogP contribution in [0.5, 0.6) is 5.75 Å². The van der Waals surface area contributed by atoms with E-state index in [4.69, 9.17) is 14.7 Å². The van der Waals surface area contributed by atoms with Gasteiger partial charge in [-0.3, -0.25) is 0 Å². The Morgan fingerprint density at radius 1 is 1.65 bits per heavy atom. The van der Waals surface area contributed by atoms with Gasteiger partial charge in [0.1, 0.15) is 11.4 Å². The summed E-state index contributed by atoms with van der Waals surface area (Å²) in [6, 6.07) is 7.38. The predicted molar refractivity (Wildman–Crippen MR) is 60.7 cm³/mol. The van der Waals surface area contributed by atoms with E-state index in [-0.39, 0.29) is 5.97 Å². The highest BCUT2D eigenvalue weighted by atomic mass is 16.5. The van der Waals surface area contributed by atoms with Crippen molar-refractivity contribution in [3.8, 4) is 11.8 Å². The number of carbonyl (C=O) groups is 1. The van der Waals surface area contributed by atoms with Crippen LogP contribution in [0.15, 0.2) is 18.2 Å². The standard InChI is InChI=1S/C13H13NO3/c1-13(6-7-14)8-10-9(12(15)16-2)4-3-5-11(10)17-13/h3-5H,6,8H2,1-2H3. The average Bonchev–Trinajstić information content (AvgIpc) is 2.64. The van der Waals surface area contributed by atoms with Gasteiger partial charge in [0.15, 0.2) is 0 Å². The second kappa shape index (κ2) is 4.10. The topological polar surface area (TPSA) is 59.3 Å². The summed E-state index contributed by atoms with van der Waals surface area (Å²) in [4.78, 5) is 11.6. The molecule has 0 saturated carbocycles. The molecule has 1 atom stereocenters. The molecule has 0 aromatic heterocycles. The SMILES string of the molecule is COC(=O)c1cccc2c1CC(C)(CC#N)O2. The van der Waals surface area contributed by atoms with Crippen molar-refractivity contribution in [3.05, 3.63) is 29.3 Å². The van der Waals surface area contributed by atoms with Gasteiger partial charge in [-0.25, -0.2) is 4.79 Å². The van der Waals surface area contributed by atoms with E-state index in [0.717, 1.165) is 5.56 Å². The first kappa shape index (κ1) is 11.5. The van der Waals surface area contributed by atoms with Crippen LogP contribution in [0.2, 0.25) is 0 Å². The Morgan fingerprint density at radius 3 is 3.06 bits per heavy atom. The molecule has 0 fully saturated rings. The molecule has 0 N–H and O–H groups in total. The van der Waals surface area contributed by atoms with Gasteiger partial charge in [0, 0.05) is 12.0 Å². The fraction of sp³-hybridized carbons (Fsp3) is 0.385. The highest BCUT2D eigenvalue weighted by Crippen LogP contribution is 2.38. The first-order valence-electron chi connectivity index (χ1n) is 5.36. The summed E-state index contributed by atoms with van der Waals surface area (Å²) in [6.07, 6.45) is 0.851. The summed E-state index contributed by atoms with van der Waals surface area (Å²) in [7, 11) is 1.35. The maximum absolute atomic E-state index is 11.6. The number of ether oxygens (including phenoxy) is 2. The molecule has 0 aliphatic carbocycles. The average molecular weight is 231 g/mol. The molecule has 17 heavy (non-hydrogen) atoms. The fourth-order valence-corrected chi connectivity index (χ4v) is 2.09. The third-order valence-electron chi connectivity index (χ3n) is 2.90. The number of fused-ring (bicyclic) bond motifs is 1. The Balaban J connectivity index is 2.39. The van der Waals surface area contributed by atoms with E-state index < -0.39 is 5.60 Å². The molecule has 0 bridgehead atoms. The zero-order valence-electron chi connectivity index (χ0n) is 9.82. The van der Waals surface area contributed by atoms with E-state index >= 15 is 0 Å². The predicted octanol–water partition coefficient (Wildman–Crippen LogP) is 2.08. The molecule has 88 valence electrons. The molecule has 4 nitrogen and oxygen atoms in total. The molecule has 1 aliphatic heterocycles. The van der Waals surface area contributed by atoms with Gasteiger partial charge in [-0.15, -0.1) is 0 Å². The van der Waals surface area contributed by atoms with E-state index in [1.165, 1.54) is 7.11 Å². The Kier molecular flexibility index (Phi) is 2.76. The first-order valence-corrected chi connectivity index (χ1v) is 5.36. The Hall–Kier alpha value is -2.02. The van der Waals surface area contributed by atoms with Crippen molar-refractivity contribution in [2.75, 3.05) is 7.11 Å². The van der Waals surface area contributed by atoms with Gasteiger partial charge in [0.25, 0.3) is 0 Å². The number of nitriles is 1. The number of nitrogens with zero attached hydrogens (tertiary/aromatic N) is 1. The molecule has 1 aliphatic rings. The van der Waals surface area contributed by atoms with Gasteiger partial charge in [-0.2, -0.15) is 5.26 Å². The monoisotopic (exact) mass is 231 g/mol. The van der Waals surface area contributed by atoms with Crippen molar-refractivity contribution >= 4 is 5.97 Å². The smallest absolute Gasteiger partial charge is 0.338 e. The van der Waals surface area contributed by atoms with Gasteiger partial charge in [0.2, 0.25) is 0 Å². The Labute approximate surface area is 99.8 Å². The van der Waals surface area contributed by atoms with Gasteiger partial charge in [0.05, 0.1) is 25.2 Å². The number of hydrogen-bond donors (Lipinski definition) is 0. The minimum atomic E-state index is -0.540. The number of esters is 1. The summed E-state index contributed by atoms with van der Waals surface area (Å²) in [5.74, 6) is 0.303. The Morgan fingerprint density at radius 2 is 2.41 bits per heavy atom. The highest BCUT2D eigenvalue weighted by molar-refractivity contribution is 5.92. The van der Waals surface area contributed by atoms with Gasteiger partial charge in [-0.1, -0.05) is 6.07 Å². The van der Waals surface area contributed by atoms with Crippen LogP contribution >= 0.6 is 0 Å². The molecule has 0 amide bonds. The minimum Gasteiger partial charge on any atom is -0.486 e. The van der Waals surface area contributed by atoms with E-state index in [1.54, 1.807) is 12.1 Å². The summed E-state index contributed by atoms with van der Waals surface area (Å²) in [5.41, 5.74) is 0.810. The lowest BCUT2D eigenvalue weighted by Gasteiger charge is -2.19. The molecule has 1 unspecified atom stereocenters. The third-order valence-corrected chi connectivity index (χ3v) is 2.90. The summed E-state index contributed by atoms with van der Waals surface area (Å²) in [6.45, 7) is 1.87. The second-order valence-electron chi connectivity index (χ2n) is 4.34. The van der Waals surface area contributed by atoms with E-state index in [0.29, 0.717) is 24.2 Å². The molecule has 4 heteroatoms. The Bertz CT molecular complexity index is 504. The van der Waals surface area contributed by atoms with Crippen molar-refractivity contribution < 1.29 is 14.3 Å². The molecule has 0 radical (unpaired) electrons. The van der Waals surface area contributed by atoms with E-state index in [2.05, 4.69) is 6.07 Å². The van der Waals surface area contributed by atoms with Crippen molar-refractivity contribution in [3.63, 3.8) is 0 Å². The van der Waals surface area contributed by atoms with Gasteiger partial charge in [-0.05, 0) is 19.1 Å². The fourth-order valence-electron chi connectivity index (χ4n) is 2.09. The highest BCUT2D eigenvalue weighted by Gasteiger charge is 2.37. The minimum absolute atomic E-state index is 0.294. The molecule has 1 heterocycles. The van der Waals surface area contributed by atoms with Crippen LogP contribution in [-0.4, -0.2) is 18.7 Å². The van der Waals surface area contributed by atoms with Crippen LogP contribution < -0.4 is 4.74 Å². The molecule has 1 aromatic rings. The molecule has 1 aromatic carbocycles. The van der Waals surface area contributed by atoms with Crippen LogP contribution in [0, 0.1) is 11.3 Å². The van der Waals surface area contributed by atoms with Crippen molar-refractivity contribution in [1.82, 2.24) is 0 Å². The zero-order valence-corrected chi connectivity index (χ0v) is 9.82. The third kappa shape index (κ3) is 1.96. The molecule has 0 saturated heterocycles. The molecule has 2 rings (SSSR count). The number of hydrogen-bond acceptors (Lipinski definition) is 4. The molecular formula is C13H13NO3. The number of rotatable bonds is 2. The summed E-state index contributed by atoms with van der Waals surface area (Å²) >= 11 is 0. The molecule has 0 spiro atoms. The van der Waals surface area contributed by atoms with Gasteiger partial charge >= 0.3 is 5.97 Å². The van der Waals surface area contributed by atoms with E-state index in [1.807, 2.05) is 13.0 Å². The second-order valence-corrected chi connectivity index (χ2v) is 4.34. The number of methoxy groups -OCH3 is 1.